The summed E-state index contributed by atoms with van der Waals surface area (Å²) in [6, 6.07) is 17.8. The van der Waals surface area contributed by atoms with Crippen molar-refractivity contribution in [1.29, 1.82) is 0 Å². The lowest BCUT2D eigenvalue weighted by molar-refractivity contribution is -0.105. The molecule has 0 radical (unpaired) electrons. The number of nitrogens with one attached hydrogen (secondary N) is 1. The first-order valence-corrected chi connectivity index (χ1v) is 13.5. The second-order valence-corrected chi connectivity index (χ2v) is 10.3. The number of alkyl halides is 2. The van der Waals surface area contributed by atoms with Crippen molar-refractivity contribution in [1.82, 2.24) is 29.2 Å². The summed E-state index contributed by atoms with van der Waals surface area (Å²) in [7, 11) is 1.91. The van der Waals surface area contributed by atoms with E-state index in [2.05, 4.69) is 22.0 Å². The number of halogens is 2. The molecule has 1 atom stereocenters. The van der Waals surface area contributed by atoms with Crippen molar-refractivity contribution < 1.29 is 13.5 Å². The number of rotatable bonds is 9. The molecule has 1 aliphatic rings. The molecule has 5 aromatic rings. The van der Waals surface area contributed by atoms with E-state index in [0.29, 0.717) is 23.9 Å². The van der Waals surface area contributed by atoms with Gasteiger partial charge in [0.2, 0.25) is 0 Å². The third-order valence-corrected chi connectivity index (χ3v) is 7.35. The van der Waals surface area contributed by atoms with E-state index in [1.54, 1.807) is 11.1 Å². The molecule has 0 amide bonds. The summed E-state index contributed by atoms with van der Waals surface area (Å²) >= 11 is 0. The molecule has 1 N–H and O–H groups in total. The number of hydrogen-bond acceptors (Lipinski definition) is 6. The zero-order valence-corrected chi connectivity index (χ0v) is 23.2. The fraction of sp³-hybridized carbons (Fsp3) is 0.258. The van der Waals surface area contributed by atoms with Crippen molar-refractivity contribution in [3.05, 3.63) is 85.5 Å². The first kappa shape index (κ1) is 26.6. The Balaban J connectivity index is 1.18. The van der Waals surface area contributed by atoms with Crippen molar-refractivity contribution in [2.45, 2.75) is 26.0 Å². The highest BCUT2D eigenvalue weighted by molar-refractivity contribution is 5.88. The van der Waals surface area contributed by atoms with E-state index in [0.717, 1.165) is 39.0 Å². The fourth-order valence-corrected chi connectivity index (χ4v) is 5.08. The maximum absolute atomic E-state index is 13.4. The second kappa shape index (κ2) is 10.4. The normalized spacial score (nSPS) is 15.1. The van der Waals surface area contributed by atoms with Crippen molar-refractivity contribution in [3.63, 3.8) is 0 Å². The average molecular weight is 556 g/mol. The Labute approximate surface area is 236 Å². The van der Waals surface area contributed by atoms with Crippen LogP contribution in [0, 0.1) is 0 Å². The number of fused-ring (bicyclic) bond motifs is 1. The SMILES string of the molecule is C=C(c1cc2ccc(-c3nccc(Nc4ccc(-c5cnn(C(C)OCC)c5)cc4)n3)cc2n1C)N1CC(F)(F)C1. The van der Waals surface area contributed by atoms with Crippen LogP contribution in [0.1, 0.15) is 25.8 Å². The van der Waals surface area contributed by atoms with Gasteiger partial charge in [0, 0.05) is 53.8 Å². The highest BCUT2D eigenvalue weighted by atomic mass is 19.3. The third-order valence-electron chi connectivity index (χ3n) is 7.35. The molecule has 1 fully saturated rings. The van der Waals surface area contributed by atoms with Crippen LogP contribution >= 0.6 is 0 Å². The third kappa shape index (κ3) is 5.30. The molecule has 0 bridgehead atoms. The summed E-state index contributed by atoms with van der Waals surface area (Å²) in [5.41, 5.74) is 6.16. The number of ether oxygens (including phenoxy) is 1. The number of benzene rings is 2. The topological polar surface area (TPSA) is 73.0 Å². The minimum atomic E-state index is -2.65. The highest BCUT2D eigenvalue weighted by Crippen LogP contribution is 2.35. The van der Waals surface area contributed by atoms with Gasteiger partial charge in [0.1, 0.15) is 12.0 Å². The van der Waals surface area contributed by atoms with Crippen LogP contribution in [0.5, 0.6) is 0 Å². The highest BCUT2D eigenvalue weighted by Gasteiger charge is 2.44. The van der Waals surface area contributed by atoms with Crippen LogP contribution in [0.25, 0.3) is 39.1 Å². The van der Waals surface area contributed by atoms with Crippen molar-refractivity contribution >= 4 is 28.1 Å². The summed E-state index contributed by atoms with van der Waals surface area (Å²) in [4.78, 5) is 10.8. The zero-order valence-electron chi connectivity index (χ0n) is 23.2. The summed E-state index contributed by atoms with van der Waals surface area (Å²) in [5.74, 6) is -1.40. The molecule has 3 aromatic heterocycles. The molecule has 1 saturated heterocycles. The van der Waals surface area contributed by atoms with E-state index in [1.165, 1.54) is 0 Å². The van der Waals surface area contributed by atoms with Crippen LogP contribution in [0.15, 0.2) is 79.8 Å². The van der Waals surface area contributed by atoms with Crippen LogP contribution in [-0.2, 0) is 11.8 Å². The van der Waals surface area contributed by atoms with Gasteiger partial charge in [-0.3, -0.25) is 0 Å². The largest absolute Gasteiger partial charge is 0.358 e. The van der Waals surface area contributed by atoms with Gasteiger partial charge in [0.05, 0.1) is 30.7 Å². The summed E-state index contributed by atoms with van der Waals surface area (Å²) < 4.78 is 36.2. The van der Waals surface area contributed by atoms with Crippen LogP contribution in [-0.4, -0.2) is 54.8 Å². The van der Waals surface area contributed by atoms with E-state index in [9.17, 15) is 8.78 Å². The Kier molecular flexibility index (Phi) is 6.78. The van der Waals surface area contributed by atoms with E-state index < -0.39 is 5.92 Å². The van der Waals surface area contributed by atoms with E-state index in [4.69, 9.17) is 9.72 Å². The number of aryl methyl sites for hydroxylation is 1. The van der Waals surface area contributed by atoms with Gasteiger partial charge in [0.25, 0.3) is 5.92 Å². The fourth-order valence-electron chi connectivity index (χ4n) is 5.08. The van der Waals surface area contributed by atoms with E-state index in [1.807, 2.05) is 97.1 Å². The summed E-state index contributed by atoms with van der Waals surface area (Å²) in [6.45, 7) is 8.03. The molecule has 0 saturated carbocycles. The van der Waals surface area contributed by atoms with Gasteiger partial charge in [-0.25, -0.2) is 23.4 Å². The maximum Gasteiger partial charge on any atom is 0.282 e. The first-order chi connectivity index (χ1) is 19.7. The summed E-state index contributed by atoms with van der Waals surface area (Å²) in [5, 5.41) is 8.77. The van der Waals surface area contributed by atoms with Crippen molar-refractivity contribution in [2.24, 2.45) is 7.05 Å². The predicted octanol–water partition coefficient (Wildman–Crippen LogP) is 6.72. The van der Waals surface area contributed by atoms with Gasteiger partial charge in [0.15, 0.2) is 5.82 Å². The lowest BCUT2D eigenvalue weighted by Gasteiger charge is -2.41. The number of hydrogen-bond donors (Lipinski definition) is 1. The van der Waals surface area contributed by atoms with Gasteiger partial charge >= 0.3 is 0 Å². The van der Waals surface area contributed by atoms with Gasteiger partial charge in [-0.05, 0) is 49.7 Å². The van der Waals surface area contributed by atoms with Crippen LogP contribution in [0.3, 0.4) is 0 Å². The smallest absolute Gasteiger partial charge is 0.282 e. The molecular weight excluding hydrogens is 524 g/mol. The standard InChI is InChI=1S/C31H31F2N7O/c1-5-41-21(3)40-17-25(16-35-40)22-8-10-26(11-9-22)36-29-12-13-34-30(37-29)24-7-6-23-14-27(38(4)28(23)15-24)20(2)39-18-31(32,33)19-39/h6-17,21H,2,5,18-19H2,1,3-4H3,(H,34,36,37). The Bertz CT molecular complexity index is 1720. The first-order valence-electron chi connectivity index (χ1n) is 13.5. The molecule has 41 heavy (non-hydrogen) atoms. The number of nitrogens with zero attached hydrogens (tertiary/aromatic N) is 6. The van der Waals surface area contributed by atoms with Gasteiger partial charge in [-0.2, -0.15) is 5.10 Å². The molecule has 8 nitrogen and oxygen atoms in total. The quantitative estimate of drug-likeness (QED) is 0.218. The molecule has 4 heterocycles. The Morgan fingerprint density at radius 2 is 1.83 bits per heavy atom. The van der Waals surface area contributed by atoms with E-state index >= 15 is 0 Å². The molecule has 6 rings (SSSR count). The Hall–Kier alpha value is -4.57. The number of aromatic nitrogens is 5. The lowest BCUT2D eigenvalue weighted by atomic mass is 10.1. The Morgan fingerprint density at radius 1 is 1.07 bits per heavy atom. The maximum atomic E-state index is 13.4. The number of anilines is 2. The molecule has 0 aliphatic carbocycles. The molecular formula is C31H31F2N7O. The Morgan fingerprint density at radius 3 is 2.56 bits per heavy atom. The predicted molar refractivity (Wildman–Crippen MR) is 157 cm³/mol. The van der Waals surface area contributed by atoms with E-state index in [-0.39, 0.29) is 19.3 Å². The zero-order chi connectivity index (χ0) is 28.7. The van der Waals surface area contributed by atoms with Gasteiger partial charge < -0.3 is 19.5 Å². The monoisotopic (exact) mass is 555 g/mol. The van der Waals surface area contributed by atoms with Crippen LogP contribution < -0.4 is 5.32 Å². The minimum absolute atomic E-state index is 0.119. The summed E-state index contributed by atoms with van der Waals surface area (Å²) in [6.07, 6.45) is 5.41. The van der Waals surface area contributed by atoms with Gasteiger partial charge in [-0.15, -0.1) is 0 Å². The molecule has 210 valence electrons. The second-order valence-electron chi connectivity index (χ2n) is 10.3. The molecule has 1 unspecified atom stereocenters. The molecule has 2 aromatic carbocycles. The van der Waals surface area contributed by atoms with Crippen molar-refractivity contribution in [3.8, 4) is 22.5 Å². The lowest BCUT2D eigenvalue weighted by Crippen LogP contribution is -2.54. The molecule has 1 aliphatic heterocycles. The molecule has 10 heteroatoms. The van der Waals surface area contributed by atoms with Crippen molar-refractivity contribution in [2.75, 3.05) is 25.0 Å². The van der Waals surface area contributed by atoms with Gasteiger partial charge in [-0.1, -0.05) is 30.8 Å². The molecule has 0 spiro atoms. The van der Waals surface area contributed by atoms with Crippen LogP contribution in [0.4, 0.5) is 20.3 Å². The minimum Gasteiger partial charge on any atom is -0.358 e. The van der Waals surface area contributed by atoms with Crippen LogP contribution in [0.2, 0.25) is 0 Å². The number of likely N-dealkylation sites (tertiary alicyclic amines) is 1. The average Bonchev–Trinajstić information content (AvgIpc) is 3.57.